The zero-order chi connectivity index (χ0) is 16.0. The largest absolute Gasteiger partial charge is 0.433 e. The molecule has 0 aliphatic heterocycles. The van der Waals surface area contributed by atoms with Gasteiger partial charge in [0, 0.05) is 6.54 Å². The van der Waals surface area contributed by atoms with Crippen molar-refractivity contribution in [2.75, 3.05) is 6.54 Å². The number of hydrogen-bond acceptors (Lipinski definition) is 4. The maximum Gasteiger partial charge on any atom is 0.387 e. The van der Waals surface area contributed by atoms with Gasteiger partial charge in [-0.05, 0) is 26.0 Å². The van der Waals surface area contributed by atoms with E-state index in [9.17, 15) is 22.0 Å². The number of sulfonamides is 1. The van der Waals surface area contributed by atoms with Crippen molar-refractivity contribution in [3.05, 3.63) is 24.3 Å². The van der Waals surface area contributed by atoms with Crippen LogP contribution in [0.2, 0.25) is 0 Å². The first kappa shape index (κ1) is 17.3. The molecule has 0 aromatic heterocycles. The molecule has 0 saturated heterocycles. The third kappa shape index (κ3) is 4.94. The van der Waals surface area contributed by atoms with Gasteiger partial charge in [0.15, 0.2) is 0 Å². The van der Waals surface area contributed by atoms with Crippen molar-refractivity contribution in [1.29, 1.82) is 0 Å². The quantitative estimate of drug-likeness (QED) is 0.787. The van der Waals surface area contributed by atoms with Crippen LogP contribution in [-0.2, 0) is 14.8 Å². The van der Waals surface area contributed by atoms with Crippen molar-refractivity contribution in [2.24, 2.45) is 0 Å². The van der Waals surface area contributed by atoms with Crippen LogP contribution in [0.25, 0.3) is 0 Å². The summed E-state index contributed by atoms with van der Waals surface area (Å²) in [5, 5.41) is 2.45. The van der Waals surface area contributed by atoms with Crippen molar-refractivity contribution < 1.29 is 26.7 Å². The minimum absolute atomic E-state index is 0.343. The fraction of sp³-hybridized carbons (Fsp3) is 0.417. The van der Waals surface area contributed by atoms with Gasteiger partial charge in [-0.1, -0.05) is 12.1 Å². The monoisotopic (exact) mass is 322 g/mol. The maximum absolute atomic E-state index is 12.3. The summed E-state index contributed by atoms with van der Waals surface area (Å²) in [7, 11) is -4.17. The van der Waals surface area contributed by atoms with Crippen LogP contribution in [-0.4, -0.2) is 33.5 Å². The molecule has 0 aliphatic rings. The molecule has 1 aromatic rings. The Hall–Kier alpha value is -1.74. The number of amides is 1. The molecule has 0 saturated carbocycles. The van der Waals surface area contributed by atoms with Gasteiger partial charge in [0.2, 0.25) is 15.9 Å². The summed E-state index contributed by atoms with van der Waals surface area (Å²) < 4.78 is 55.1. The molecule has 0 radical (unpaired) electrons. The van der Waals surface area contributed by atoms with Crippen LogP contribution in [0.4, 0.5) is 8.78 Å². The maximum atomic E-state index is 12.3. The summed E-state index contributed by atoms with van der Waals surface area (Å²) in [5.74, 6) is -1.00. The van der Waals surface area contributed by atoms with Gasteiger partial charge in [0.1, 0.15) is 10.6 Å². The molecule has 9 heteroatoms. The fourth-order valence-corrected chi connectivity index (χ4v) is 2.88. The van der Waals surface area contributed by atoms with E-state index in [0.717, 1.165) is 12.1 Å². The molecule has 2 N–H and O–H groups in total. The van der Waals surface area contributed by atoms with E-state index >= 15 is 0 Å². The number of benzene rings is 1. The Labute approximate surface area is 121 Å². The number of alkyl halides is 2. The zero-order valence-corrected chi connectivity index (χ0v) is 12.3. The van der Waals surface area contributed by atoms with E-state index in [2.05, 4.69) is 14.8 Å². The zero-order valence-electron chi connectivity index (χ0n) is 11.5. The average Bonchev–Trinajstić information content (AvgIpc) is 2.38. The van der Waals surface area contributed by atoms with Crippen molar-refractivity contribution in [3.8, 4) is 5.75 Å². The Bertz CT molecular complexity index is 593. The molecule has 1 amide bonds. The Kier molecular flexibility index (Phi) is 6.03. The van der Waals surface area contributed by atoms with Gasteiger partial charge in [0.05, 0.1) is 6.04 Å². The molecular weight excluding hydrogens is 306 g/mol. The molecular formula is C12H16F2N2O4S. The SMILES string of the molecule is CCNC(=O)[C@@H](C)NS(=O)(=O)c1ccccc1OC(F)F. The van der Waals surface area contributed by atoms with Crippen LogP contribution in [0.3, 0.4) is 0 Å². The highest BCUT2D eigenvalue weighted by Crippen LogP contribution is 2.24. The average molecular weight is 322 g/mol. The minimum atomic E-state index is -4.17. The molecule has 21 heavy (non-hydrogen) atoms. The third-order valence-corrected chi connectivity index (χ3v) is 4.01. The van der Waals surface area contributed by atoms with Gasteiger partial charge in [-0.25, -0.2) is 8.42 Å². The molecule has 1 atom stereocenters. The number of hydrogen-bond donors (Lipinski definition) is 2. The van der Waals surface area contributed by atoms with E-state index in [1.54, 1.807) is 6.92 Å². The summed E-state index contributed by atoms with van der Waals surface area (Å²) in [6.45, 7) is 0.224. The van der Waals surface area contributed by atoms with Gasteiger partial charge < -0.3 is 10.1 Å². The predicted molar refractivity (Wildman–Crippen MR) is 71.5 cm³/mol. The molecule has 1 rings (SSSR count). The lowest BCUT2D eigenvalue weighted by atomic mass is 10.3. The van der Waals surface area contributed by atoms with E-state index in [-0.39, 0.29) is 0 Å². The van der Waals surface area contributed by atoms with E-state index in [1.807, 2.05) is 0 Å². The molecule has 0 unspecified atom stereocenters. The van der Waals surface area contributed by atoms with Crippen molar-refractivity contribution in [1.82, 2.24) is 10.0 Å². The summed E-state index contributed by atoms with van der Waals surface area (Å²) >= 11 is 0. The lowest BCUT2D eigenvalue weighted by Crippen LogP contribution is -2.44. The second kappa shape index (κ2) is 7.32. The lowest BCUT2D eigenvalue weighted by molar-refractivity contribution is -0.122. The van der Waals surface area contributed by atoms with E-state index in [0.29, 0.717) is 6.54 Å². The van der Waals surface area contributed by atoms with Gasteiger partial charge in [-0.2, -0.15) is 13.5 Å². The normalized spacial score (nSPS) is 13.0. The first-order chi connectivity index (χ1) is 9.77. The summed E-state index contributed by atoms with van der Waals surface area (Å²) in [6, 6.07) is 3.91. The summed E-state index contributed by atoms with van der Waals surface area (Å²) in [4.78, 5) is 11.1. The van der Waals surface area contributed by atoms with Crippen LogP contribution < -0.4 is 14.8 Å². The number of carbonyl (C=O) groups excluding carboxylic acids is 1. The van der Waals surface area contributed by atoms with Crippen molar-refractivity contribution in [3.63, 3.8) is 0 Å². The third-order valence-electron chi connectivity index (χ3n) is 2.43. The molecule has 0 bridgehead atoms. The van der Waals surface area contributed by atoms with Crippen LogP contribution in [0, 0.1) is 0 Å². The topological polar surface area (TPSA) is 84.5 Å². The van der Waals surface area contributed by atoms with Crippen molar-refractivity contribution >= 4 is 15.9 Å². The van der Waals surface area contributed by atoms with Crippen LogP contribution in [0.5, 0.6) is 5.75 Å². The standard InChI is InChI=1S/C12H16F2N2O4S/c1-3-15-11(17)8(2)16-21(18,19)10-7-5-4-6-9(10)20-12(13)14/h4-8,12,16H,3H2,1-2H3,(H,15,17)/t8-/m1/s1. The minimum Gasteiger partial charge on any atom is -0.433 e. The Morgan fingerprint density at radius 3 is 2.52 bits per heavy atom. The van der Waals surface area contributed by atoms with E-state index in [4.69, 9.17) is 0 Å². The Morgan fingerprint density at radius 1 is 1.33 bits per heavy atom. The highest BCUT2D eigenvalue weighted by molar-refractivity contribution is 7.89. The van der Waals surface area contributed by atoms with Crippen LogP contribution in [0.15, 0.2) is 29.2 Å². The number of para-hydroxylation sites is 1. The van der Waals surface area contributed by atoms with Gasteiger partial charge in [-0.15, -0.1) is 0 Å². The molecule has 0 aliphatic carbocycles. The smallest absolute Gasteiger partial charge is 0.387 e. The molecule has 0 spiro atoms. The highest BCUT2D eigenvalue weighted by atomic mass is 32.2. The molecule has 1 aromatic carbocycles. The predicted octanol–water partition coefficient (Wildman–Crippen LogP) is 1.09. The Morgan fingerprint density at radius 2 is 1.95 bits per heavy atom. The number of ether oxygens (including phenoxy) is 1. The lowest BCUT2D eigenvalue weighted by Gasteiger charge is -2.15. The molecule has 6 nitrogen and oxygen atoms in total. The van der Waals surface area contributed by atoms with Gasteiger partial charge in [0.25, 0.3) is 0 Å². The summed E-state index contributed by atoms with van der Waals surface area (Å²) in [5.41, 5.74) is 0. The van der Waals surface area contributed by atoms with E-state index in [1.165, 1.54) is 19.1 Å². The number of rotatable bonds is 7. The van der Waals surface area contributed by atoms with Crippen molar-refractivity contribution in [2.45, 2.75) is 31.4 Å². The second-order valence-electron chi connectivity index (χ2n) is 4.06. The molecule has 118 valence electrons. The summed E-state index contributed by atoms with van der Waals surface area (Å²) in [6.07, 6.45) is 0. The van der Waals surface area contributed by atoms with Crippen LogP contribution in [0.1, 0.15) is 13.8 Å². The number of halogens is 2. The van der Waals surface area contributed by atoms with Crippen LogP contribution >= 0.6 is 0 Å². The van der Waals surface area contributed by atoms with Gasteiger partial charge >= 0.3 is 6.61 Å². The first-order valence-corrected chi connectivity index (χ1v) is 7.60. The molecule has 0 heterocycles. The fourth-order valence-electron chi connectivity index (χ4n) is 1.54. The Balaban J connectivity index is 3.00. The van der Waals surface area contributed by atoms with E-state index < -0.39 is 39.2 Å². The highest BCUT2D eigenvalue weighted by Gasteiger charge is 2.25. The first-order valence-electron chi connectivity index (χ1n) is 6.11. The number of carbonyl (C=O) groups is 1. The van der Waals surface area contributed by atoms with Gasteiger partial charge in [-0.3, -0.25) is 4.79 Å². The number of nitrogens with one attached hydrogen (secondary N) is 2. The number of likely N-dealkylation sites (N-methyl/N-ethyl adjacent to an activating group) is 1. The molecule has 0 fully saturated rings. The second-order valence-corrected chi connectivity index (χ2v) is 5.75.